The summed E-state index contributed by atoms with van der Waals surface area (Å²) in [5.41, 5.74) is -0.465. The van der Waals surface area contributed by atoms with Gasteiger partial charge in [-0.3, -0.25) is 9.59 Å². The summed E-state index contributed by atoms with van der Waals surface area (Å²) in [7, 11) is 1.72. The number of rotatable bonds is 1. The van der Waals surface area contributed by atoms with E-state index in [4.69, 9.17) is 0 Å². The van der Waals surface area contributed by atoms with Crippen molar-refractivity contribution in [1.82, 2.24) is 4.90 Å². The van der Waals surface area contributed by atoms with Gasteiger partial charge in [-0.1, -0.05) is 13.8 Å². The second kappa shape index (κ2) is 5.31. The third-order valence-electron chi connectivity index (χ3n) is 8.46. The monoisotopic (exact) mass is 349 g/mol. The van der Waals surface area contributed by atoms with Crippen LogP contribution in [-0.2, 0) is 9.59 Å². The summed E-state index contributed by atoms with van der Waals surface area (Å²) in [6.07, 6.45) is 7.06. The van der Waals surface area contributed by atoms with Crippen LogP contribution in [0, 0.1) is 34.5 Å². The molecular formula is C20H28FNO3. The number of hydrogen-bond donors (Lipinski definition) is 1. The van der Waals surface area contributed by atoms with Gasteiger partial charge in [-0.05, 0) is 67.8 Å². The summed E-state index contributed by atoms with van der Waals surface area (Å²) in [6.45, 7) is 4.28. The number of fused-ring (bicyclic) bond motifs is 5. The van der Waals surface area contributed by atoms with Crippen LogP contribution in [-0.4, -0.2) is 35.0 Å². The third-order valence-corrected chi connectivity index (χ3v) is 8.46. The summed E-state index contributed by atoms with van der Waals surface area (Å²) in [5, 5.41) is 9.65. The summed E-state index contributed by atoms with van der Waals surface area (Å²) in [5.74, 6) is -0.833. The van der Waals surface area contributed by atoms with Gasteiger partial charge in [0.25, 0.3) is 5.91 Å². The number of nitrogens with zero attached hydrogens (tertiary/aromatic N) is 1. The van der Waals surface area contributed by atoms with Crippen molar-refractivity contribution in [2.45, 2.75) is 58.4 Å². The number of likely N-dealkylation sites (N-methyl/N-ethyl adjacent to an activating group) is 1. The molecule has 3 fully saturated rings. The maximum atomic E-state index is 14.3. The van der Waals surface area contributed by atoms with Gasteiger partial charge in [0, 0.05) is 18.5 Å². The molecule has 0 aromatic heterocycles. The second-order valence-electron chi connectivity index (χ2n) is 9.26. The van der Waals surface area contributed by atoms with Crippen LogP contribution in [0.25, 0.3) is 0 Å². The van der Waals surface area contributed by atoms with Crippen LogP contribution in [0.4, 0.5) is 4.39 Å². The van der Waals surface area contributed by atoms with Gasteiger partial charge in [0.05, 0.1) is 5.92 Å². The van der Waals surface area contributed by atoms with Crippen molar-refractivity contribution < 1.29 is 19.1 Å². The van der Waals surface area contributed by atoms with E-state index in [1.54, 1.807) is 18.0 Å². The topological polar surface area (TPSA) is 57.6 Å². The van der Waals surface area contributed by atoms with Crippen LogP contribution in [0.3, 0.4) is 0 Å². The smallest absolute Gasteiger partial charge is 0.307 e. The van der Waals surface area contributed by atoms with Crippen molar-refractivity contribution in [2.75, 3.05) is 7.05 Å². The number of carboxylic acids is 1. The molecular weight excluding hydrogens is 321 g/mol. The molecule has 4 aliphatic rings. The first-order valence-electron chi connectivity index (χ1n) is 9.58. The fourth-order valence-corrected chi connectivity index (χ4v) is 7.24. The van der Waals surface area contributed by atoms with Crippen molar-refractivity contribution in [2.24, 2.45) is 34.5 Å². The average Bonchev–Trinajstić information content (AvgIpc) is 2.90. The molecule has 0 aromatic rings. The zero-order valence-corrected chi connectivity index (χ0v) is 15.3. The highest BCUT2D eigenvalue weighted by Gasteiger charge is 2.62. The van der Waals surface area contributed by atoms with Crippen LogP contribution in [0.2, 0.25) is 0 Å². The summed E-state index contributed by atoms with van der Waals surface area (Å²) >= 11 is 0. The van der Waals surface area contributed by atoms with E-state index in [0.717, 1.165) is 38.5 Å². The predicted octanol–water partition coefficient (Wildman–Crippen LogP) is 3.62. The first-order valence-corrected chi connectivity index (χ1v) is 9.58. The van der Waals surface area contributed by atoms with Gasteiger partial charge < -0.3 is 10.0 Å². The maximum absolute atomic E-state index is 14.3. The van der Waals surface area contributed by atoms with Crippen LogP contribution >= 0.6 is 0 Å². The number of hydrogen-bond acceptors (Lipinski definition) is 2. The van der Waals surface area contributed by atoms with Gasteiger partial charge >= 0.3 is 5.97 Å². The molecule has 1 amide bonds. The van der Waals surface area contributed by atoms with Gasteiger partial charge in [0.15, 0.2) is 5.83 Å². The Labute approximate surface area is 148 Å². The molecule has 0 saturated heterocycles. The minimum absolute atomic E-state index is 0.0572. The normalized spacial score (nSPS) is 49.1. The second-order valence-corrected chi connectivity index (χ2v) is 9.26. The Morgan fingerprint density at radius 2 is 1.92 bits per heavy atom. The standard InChI is InChI=1S/C20H28FNO3/c1-19-9-8-13-11(12(19)5-6-14(19)18(24)25)4-7-16-20(13,2)10-15(21)17(23)22(16)3/h10-14,16H,4-9H2,1-3H3,(H,24,25)/t11?,12?,13?,14?,16?,19?,20-/m1/s1. The van der Waals surface area contributed by atoms with Gasteiger partial charge in [-0.15, -0.1) is 0 Å². The summed E-state index contributed by atoms with van der Waals surface area (Å²) in [4.78, 5) is 25.4. The van der Waals surface area contributed by atoms with Gasteiger partial charge in [-0.25, -0.2) is 4.39 Å². The number of aliphatic carboxylic acids is 1. The Kier molecular flexibility index (Phi) is 3.62. The predicted molar refractivity (Wildman–Crippen MR) is 91.3 cm³/mol. The number of amides is 1. The molecule has 6 unspecified atom stereocenters. The molecule has 0 aromatic carbocycles. The summed E-state index contributed by atoms with van der Waals surface area (Å²) < 4.78 is 14.3. The lowest BCUT2D eigenvalue weighted by molar-refractivity contribution is -0.153. The fraction of sp³-hybridized carbons (Fsp3) is 0.800. The van der Waals surface area contributed by atoms with Crippen molar-refractivity contribution in [3.63, 3.8) is 0 Å². The van der Waals surface area contributed by atoms with Crippen molar-refractivity contribution in [1.29, 1.82) is 0 Å². The molecule has 0 radical (unpaired) electrons. The zero-order chi connectivity index (χ0) is 18.1. The van der Waals surface area contributed by atoms with Crippen LogP contribution < -0.4 is 0 Å². The molecule has 1 heterocycles. The summed E-state index contributed by atoms with van der Waals surface area (Å²) in [6, 6.07) is 0.0572. The molecule has 4 rings (SSSR count). The van der Waals surface area contributed by atoms with E-state index in [1.165, 1.54) is 0 Å². The molecule has 4 nitrogen and oxygen atoms in total. The van der Waals surface area contributed by atoms with Crippen molar-refractivity contribution in [3.8, 4) is 0 Å². The van der Waals surface area contributed by atoms with E-state index >= 15 is 0 Å². The van der Waals surface area contributed by atoms with E-state index in [2.05, 4.69) is 13.8 Å². The van der Waals surface area contributed by atoms with E-state index < -0.39 is 17.7 Å². The first kappa shape index (κ1) is 17.0. The van der Waals surface area contributed by atoms with Crippen molar-refractivity contribution in [3.05, 3.63) is 11.9 Å². The fourth-order valence-electron chi connectivity index (χ4n) is 7.24. The maximum Gasteiger partial charge on any atom is 0.307 e. The van der Waals surface area contributed by atoms with E-state index in [0.29, 0.717) is 17.8 Å². The highest BCUT2D eigenvalue weighted by molar-refractivity contribution is 5.92. The molecule has 1 aliphatic heterocycles. The number of carboxylic acid groups (broad SMARTS) is 1. The van der Waals surface area contributed by atoms with Gasteiger partial charge in [-0.2, -0.15) is 0 Å². The van der Waals surface area contributed by atoms with Gasteiger partial charge in [0.1, 0.15) is 0 Å². The highest BCUT2D eigenvalue weighted by atomic mass is 19.1. The lowest BCUT2D eigenvalue weighted by atomic mass is 9.47. The quantitative estimate of drug-likeness (QED) is 0.786. The molecule has 138 valence electrons. The first-order chi connectivity index (χ1) is 11.7. The lowest BCUT2D eigenvalue weighted by Gasteiger charge is -2.60. The lowest BCUT2D eigenvalue weighted by Crippen LogP contribution is -2.60. The zero-order valence-electron chi connectivity index (χ0n) is 15.3. The largest absolute Gasteiger partial charge is 0.481 e. The highest BCUT2D eigenvalue weighted by Crippen LogP contribution is 2.65. The minimum atomic E-state index is -0.655. The van der Waals surface area contributed by atoms with Crippen molar-refractivity contribution >= 4 is 11.9 Å². The molecule has 1 N–H and O–H groups in total. The van der Waals surface area contributed by atoms with E-state index in [-0.39, 0.29) is 22.8 Å². The molecule has 0 bridgehead atoms. The molecule has 3 saturated carbocycles. The number of carbonyl (C=O) groups excluding carboxylic acids is 1. The minimum Gasteiger partial charge on any atom is -0.481 e. The molecule has 25 heavy (non-hydrogen) atoms. The molecule has 3 aliphatic carbocycles. The Morgan fingerprint density at radius 1 is 1.20 bits per heavy atom. The third kappa shape index (κ3) is 2.10. The van der Waals surface area contributed by atoms with Crippen LogP contribution in [0.15, 0.2) is 11.9 Å². The Hall–Kier alpha value is -1.39. The molecule has 0 spiro atoms. The van der Waals surface area contributed by atoms with E-state index in [9.17, 15) is 19.1 Å². The Balaban J connectivity index is 1.70. The van der Waals surface area contributed by atoms with Gasteiger partial charge in [0.2, 0.25) is 0 Å². The molecule has 5 heteroatoms. The van der Waals surface area contributed by atoms with E-state index in [1.807, 2.05) is 0 Å². The Bertz CT molecular complexity index is 661. The number of halogens is 1. The molecule has 7 atom stereocenters. The van der Waals surface area contributed by atoms with Crippen LogP contribution in [0.1, 0.15) is 52.4 Å². The Morgan fingerprint density at radius 3 is 2.60 bits per heavy atom. The van der Waals surface area contributed by atoms with Crippen LogP contribution in [0.5, 0.6) is 0 Å². The average molecular weight is 349 g/mol. The number of carbonyl (C=O) groups is 2. The SMILES string of the molecule is CN1C(=O)C(F)=C[C@]2(C)C3CCC4(C)C(C(=O)O)CCC4C3CCC12.